The summed E-state index contributed by atoms with van der Waals surface area (Å²) in [5.41, 5.74) is 3.87. The van der Waals surface area contributed by atoms with Crippen LogP contribution in [0.2, 0.25) is 0 Å². The minimum absolute atomic E-state index is 0.388. The van der Waals surface area contributed by atoms with Gasteiger partial charge in [-0.2, -0.15) is 5.10 Å². The van der Waals surface area contributed by atoms with E-state index < -0.39 is 0 Å². The Morgan fingerprint density at radius 2 is 2.14 bits per heavy atom. The van der Waals surface area contributed by atoms with Crippen molar-refractivity contribution < 1.29 is 0 Å². The first-order chi connectivity index (χ1) is 10.7. The van der Waals surface area contributed by atoms with Gasteiger partial charge in [-0.25, -0.2) is 9.97 Å². The van der Waals surface area contributed by atoms with Gasteiger partial charge in [0.1, 0.15) is 5.82 Å². The topological polar surface area (TPSA) is 55.6 Å². The molecule has 0 aromatic carbocycles. The number of nitrogens with zero attached hydrogens (tertiary/aromatic N) is 4. The van der Waals surface area contributed by atoms with E-state index in [1.807, 2.05) is 23.1 Å². The molecule has 1 aliphatic carbocycles. The van der Waals surface area contributed by atoms with Gasteiger partial charge in [0, 0.05) is 42.8 Å². The highest BCUT2D eigenvalue weighted by Crippen LogP contribution is 2.21. The smallest absolute Gasteiger partial charge is 0.130 e. The maximum Gasteiger partial charge on any atom is 0.130 e. The first-order valence-corrected chi connectivity index (χ1v) is 8.28. The molecule has 0 saturated carbocycles. The lowest BCUT2D eigenvalue weighted by Gasteiger charge is -2.18. The third-order valence-corrected chi connectivity index (χ3v) is 4.30. The predicted octanol–water partition coefficient (Wildman–Crippen LogP) is 2.08. The van der Waals surface area contributed by atoms with Crippen molar-refractivity contribution in [2.75, 3.05) is 6.54 Å². The summed E-state index contributed by atoms with van der Waals surface area (Å²) in [6.45, 7) is 6.10. The van der Waals surface area contributed by atoms with Gasteiger partial charge in [-0.15, -0.1) is 0 Å². The molecule has 0 saturated heterocycles. The Morgan fingerprint density at radius 3 is 2.95 bits per heavy atom. The molecule has 2 aromatic heterocycles. The molecular formula is C17H25N5. The van der Waals surface area contributed by atoms with Crippen molar-refractivity contribution in [3.63, 3.8) is 0 Å². The summed E-state index contributed by atoms with van der Waals surface area (Å²) < 4.78 is 1.96. The highest BCUT2D eigenvalue weighted by atomic mass is 15.3. The lowest BCUT2D eigenvalue weighted by Crippen LogP contribution is -2.32. The average Bonchev–Trinajstić information content (AvgIpc) is 3.00. The number of fused-ring (bicyclic) bond motifs is 1. The molecule has 3 rings (SSSR count). The van der Waals surface area contributed by atoms with E-state index in [1.54, 1.807) is 0 Å². The molecule has 0 aliphatic heterocycles. The van der Waals surface area contributed by atoms with E-state index in [0.29, 0.717) is 6.04 Å². The van der Waals surface area contributed by atoms with Crippen LogP contribution in [0.5, 0.6) is 0 Å². The number of aryl methyl sites for hydroxylation is 2. The van der Waals surface area contributed by atoms with E-state index >= 15 is 0 Å². The van der Waals surface area contributed by atoms with Crippen molar-refractivity contribution in [2.24, 2.45) is 0 Å². The second-order valence-corrected chi connectivity index (χ2v) is 6.19. The lowest BCUT2D eigenvalue weighted by molar-refractivity contribution is 0.452. The van der Waals surface area contributed by atoms with Gasteiger partial charge in [-0.1, -0.05) is 0 Å². The fourth-order valence-electron chi connectivity index (χ4n) is 3.14. The lowest BCUT2D eigenvalue weighted by atomic mass is 9.95. The summed E-state index contributed by atoms with van der Waals surface area (Å²) in [6, 6.07) is 2.34. The zero-order valence-corrected chi connectivity index (χ0v) is 13.5. The van der Waals surface area contributed by atoms with Crippen LogP contribution in [0.4, 0.5) is 0 Å². The summed E-state index contributed by atoms with van der Waals surface area (Å²) in [5, 5.41) is 7.76. The van der Waals surface area contributed by atoms with Crippen LogP contribution in [0.15, 0.2) is 18.5 Å². The van der Waals surface area contributed by atoms with Crippen LogP contribution in [-0.4, -0.2) is 32.3 Å². The summed E-state index contributed by atoms with van der Waals surface area (Å²) in [5.74, 6) is 0.983. The van der Waals surface area contributed by atoms with Crippen LogP contribution in [0.1, 0.15) is 42.5 Å². The number of rotatable bonds is 6. The number of aromatic nitrogens is 4. The zero-order chi connectivity index (χ0) is 15.4. The Labute approximate surface area is 132 Å². The van der Waals surface area contributed by atoms with Gasteiger partial charge in [-0.3, -0.25) is 4.68 Å². The van der Waals surface area contributed by atoms with Gasteiger partial charge in [-0.05, 0) is 51.2 Å². The molecule has 0 amide bonds. The van der Waals surface area contributed by atoms with Gasteiger partial charge in [0.15, 0.2) is 0 Å². The molecule has 1 aliphatic rings. The van der Waals surface area contributed by atoms with Crippen molar-refractivity contribution in [2.45, 2.75) is 58.5 Å². The maximum atomic E-state index is 4.78. The van der Waals surface area contributed by atoms with E-state index in [-0.39, 0.29) is 0 Å². The summed E-state index contributed by atoms with van der Waals surface area (Å²) >= 11 is 0. The third-order valence-electron chi connectivity index (χ3n) is 4.30. The number of hydrogen-bond donors (Lipinski definition) is 1. The Hall–Kier alpha value is -1.75. The van der Waals surface area contributed by atoms with Crippen LogP contribution in [0.25, 0.3) is 0 Å². The molecule has 2 aromatic rings. The van der Waals surface area contributed by atoms with Gasteiger partial charge < -0.3 is 5.32 Å². The van der Waals surface area contributed by atoms with Gasteiger partial charge >= 0.3 is 0 Å². The number of nitrogens with one attached hydrogen (secondary N) is 1. The summed E-state index contributed by atoms with van der Waals surface area (Å²) in [6.07, 6.45) is 9.52. The van der Waals surface area contributed by atoms with E-state index in [4.69, 9.17) is 9.97 Å². The van der Waals surface area contributed by atoms with Crippen molar-refractivity contribution >= 4 is 0 Å². The van der Waals surface area contributed by atoms with E-state index in [1.165, 1.54) is 29.8 Å². The Kier molecular flexibility index (Phi) is 4.83. The Balaban J connectivity index is 1.52. The van der Waals surface area contributed by atoms with Crippen molar-refractivity contribution in [3.8, 4) is 0 Å². The zero-order valence-electron chi connectivity index (χ0n) is 13.5. The van der Waals surface area contributed by atoms with Crippen LogP contribution in [-0.2, 0) is 25.8 Å². The summed E-state index contributed by atoms with van der Waals surface area (Å²) in [7, 11) is 0. The van der Waals surface area contributed by atoms with Crippen molar-refractivity contribution in [1.82, 2.24) is 25.1 Å². The van der Waals surface area contributed by atoms with Crippen molar-refractivity contribution in [3.05, 3.63) is 41.2 Å². The SMILES string of the molecule is Cc1nc(CCN[C@H](C)Cn2cccn2)nc2c1CCCC2. The minimum Gasteiger partial charge on any atom is -0.312 e. The molecule has 0 spiro atoms. The molecule has 22 heavy (non-hydrogen) atoms. The van der Waals surface area contributed by atoms with Gasteiger partial charge in [0.2, 0.25) is 0 Å². The molecule has 0 fully saturated rings. The van der Waals surface area contributed by atoms with Gasteiger partial charge in [0.25, 0.3) is 0 Å². The predicted molar refractivity (Wildman–Crippen MR) is 86.8 cm³/mol. The largest absolute Gasteiger partial charge is 0.312 e. The monoisotopic (exact) mass is 299 g/mol. The summed E-state index contributed by atoms with van der Waals surface area (Å²) in [4.78, 5) is 9.47. The van der Waals surface area contributed by atoms with Crippen LogP contribution in [0.3, 0.4) is 0 Å². The Bertz CT molecular complexity index is 606. The molecule has 118 valence electrons. The van der Waals surface area contributed by atoms with E-state index in [0.717, 1.165) is 38.2 Å². The molecule has 2 heterocycles. The first-order valence-electron chi connectivity index (χ1n) is 8.28. The molecule has 0 bridgehead atoms. The standard InChI is InChI=1S/C17H25N5/c1-13(12-22-11-5-9-19-22)18-10-8-17-20-14(2)15-6-3-4-7-16(15)21-17/h5,9,11,13,18H,3-4,6-8,10,12H2,1-2H3/t13-/m1/s1. The van der Waals surface area contributed by atoms with Crippen LogP contribution >= 0.6 is 0 Å². The second-order valence-electron chi connectivity index (χ2n) is 6.19. The molecule has 0 unspecified atom stereocenters. The molecule has 1 atom stereocenters. The highest BCUT2D eigenvalue weighted by molar-refractivity contribution is 5.27. The number of hydrogen-bond acceptors (Lipinski definition) is 4. The molecule has 5 heteroatoms. The van der Waals surface area contributed by atoms with Crippen molar-refractivity contribution in [1.29, 1.82) is 0 Å². The maximum absolute atomic E-state index is 4.78. The second kappa shape index (κ2) is 7.01. The van der Waals surface area contributed by atoms with E-state index in [9.17, 15) is 0 Å². The van der Waals surface area contributed by atoms with Crippen LogP contribution in [0, 0.1) is 6.92 Å². The van der Waals surface area contributed by atoms with E-state index in [2.05, 4.69) is 24.3 Å². The fourth-order valence-corrected chi connectivity index (χ4v) is 3.14. The van der Waals surface area contributed by atoms with Crippen LogP contribution < -0.4 is 5.32 Å². The minimum atomic E-state index is 0.388. The fraction of sp³-hybridized carbons (Fsp3) is 0.588. The quantitative estimate of drug-likeness (QED) is 0.887. The Morgan fingerprint density at radius 1 is 1.27 bits per heavy atom. The average molecular weight is 299 g/mol. The molecule has 0 radical (unpaired) electrons. The normalized spacial score (nSPS) is 15.5. The van der Waals surface area contributed by atoms with Gasteiger partial charge in [0.05, 0.1) is 6.54 Å². The highest BCUT2D eigenvalue weighted by Gasteiger charge is 2.15. The third kappa shape index (κ3) is 3.71. The molecule has 1 N–H and O–H groups in total. The molecular weight excluding hydrogens is 274 g/mol. The molecule has 5 nitrogen and oxygen atoms in total. The first kappa shape index (κ1) is 15.2.